The first-order valence-electron chi connectivity index (χ1n) is 6.57. The molecule has 1 aromatic rings. The molecule has 3 heteroatoms. The van der Waals surface area contributed by atoms with Crippen molar-refractivity contribution in [3.05, 3.63) is 19.8 Å². The third kappa shape index (κ3) is 9.88. The average molecular weight is 365 g/mol. The Hall–Kier alpha value is -0.100. The Kier molecular flexibility index (Phi) is 9.73. The fourth-order valence-corrected chi connectivity index (χ4v) is 3.91. The Morgan fingerprint density at radius 3 is 2.44 bits per heavy atom. The van der Waals surface area contributed by atoms with Crippen molar-refractivity contribution in [1.82, 2.24) is 0 Å². The topological polar surface area (TPSA) is 43.1 Å². The van der Waals surface area contributed by atoms with E-state index in [1.165, 1.54) is 10.0 Å². The predicted octanol–water partition coefficient (Wildman–Crippen LogP) is 2.89. The summed E-state index contributed by atoms with van der Waals surface area (Å²) in [5.74, 6) is 0.767. The summed E-state index contributed by atoms with van der Waals surface area (Å²) in [4.78, 5) is 9.93. The first kappa shape index (κ1) is 17.9. The summed E-state index contributed by atoms with van der Waals surface area (Å²) in [6.45, 7) is 9.69. The second-order valence-corrected chi connectivity index (χ2v) is 8.70. The van der Waals surface area contributed by atoms with Crippen LogP contribution >= 0.6 is 0 Å². The molecule has 0 aliphatic heterocycles. The Bertz CT molecular complexity index is 304. The van der Waals surface area contributed by atoms with Crippen molar-refractivity contribution in [2.45, 2.75) is 47.0 Å². The number of hydrogen-bond acceptors (Lipinski definition) is 2. The van der Waals surface area contributed by atoms with Gasteiger partial charge in [0, 0.05) is 0 Å². The van der Waals surface area contributed by atoms with E-state index in [0.29, 0.717) is 11.8 Å². The van der Waals surface area contributed by atoms with Gasteiger partial charge in [0.15, 0.2) is 0 Å². The maximum atomic E-state index is 9.93. The molecule has 0 amide bonds. The van der Waals surface area contributed by atoms with Gasteiger partial charge in [-0.1, -0.05) is 27.7 Å². The first-order valence-corrected chi connectivity index (χ1v) is 9.08. The van der Waals surface area contributed by atoms with Crippen LogP contribution in [0.3, 0.4) is 0 Å². The van der Waals surface area contributed by atoms with Crippen LogP contribution in [-0.4, -0.2) is 33.3 Å². The van der Waals surface area contributed by atoms with Crippen molar-refractivity contribution in [3.8, 4) is 0 Å². The van der Waals surface area contributed by atoms with Crippen LogP contribution < -0.4 is 5.73 Å². The molecule has 2 N–H and O–H groups in total. The normalized spacial score (nSPS) is 11.0. The number of nitrogens with two attached hydrogens (primary N) is 1. The van der Waals surface area contributed by atoms with E-state index in [4.69, 9.17) is 5.73 Å². The summed E-state index contributed by atoms with van der Waals surface area (Å²) in [5.41, 5.74) is 5.90. The van der Waals surface area contributed by atoms with Gasteiger partial charge in [0.05, 0.1) is 0 Å². The van der Waals surface area contributed by atoms with Crippen molar-refractivity contribution in [2.75, 3.05) is 6.54 Å². The minimum atomic E-state index is 0.0284. The molecule has 1 rings (SSSR count). The maximum absolute atomic E-state index is 9.93. The standard InChI is InChI=1S/C8H19N.C7H8OTe/c1-7(2)5-8(3,4)6-9;8-5-1-3-7-4-2-6-9-7/h7H,5-6,9H2,1-4H3;2,4-6H,1,3H2. The Morgan fingerprint density at radius 2 is 2.11 bits per heavy atom. The van der Waals surface area contributed by atoms with Crippen LogP contribution in [0, 0.1) is 11.3 Å². The number of carbonyl (C=O) groups excluding carboxylic acids is 1. The average Bonchev–Trinajstić information content (AvgIpc) is 2.78. The van der Waals surface area contributed by atoms with Crippen molar-refractivity contribution in [1.29, 1.82) is 0 Å². The van der Waals surface area contributed by atoms with Crippen LogP contribution in [0.1, 0.15) is 44.1 Å². The summed E-state index contributed by atoms with van der Waals surface area (Å²) in [6, 6.07) is 4.24. The molecule has 0 saturated carbocycles. The van der Waals surface area contributed by atoms with Gasteiger partial charge in [0.25, 0.3) is 0 Å². The van der Waals surface area contributed by atoms with E-state index in [1.807, 2.05) is 0 Å². The van der Waals surface area contributed by atoms with E-state index >= 15 is 0 Å². The zero-order valence-corrected chi connectivity index (χ0v) is 14.4. The molecular formula is C15H27NOTe. The molecule has 0 spiro atoms. The second kappa shape index (κ2) is 9.78. The monoisotopic (exact) mass is 367 g/mol. The quantitative estimate of drug-likeness (QED) is 0.623. The molecule has 1 aromatic heterocycles. The van der Waals surface area contributed by atoms with E-state index in [0.717, 1.165) is 25.2 Å². The molecule has 0 saturated heterocycles. The van der Waals surface area contributed by atoms with E-state index < -0.39 is 0 Å². The van der Waals surface area contributed by atoms with Crippen molar-refractivity contribution < 1.29 is 4.79 Å². The zero-order valence-electron chi connectivity index (χ0n) is 12.1. The van der Waals surface area contributed by atoms with Gasteiger partial charge in [-0.05, 0) is 24.3 Å². The predicted molar refractivity (Wildman–Crippen MR) is 80.1 cm³/mol. The number of hydrogen-bond donors (Lipinski definition) is 1. The van der Waals surface area contributed by atoms with Gasteiger partial charge >= 0.3 is 64.1 Å². The molecule has 0 unspecified atom stereocenters. The van der Waals surface area contributed by atoms with Crippen LogP contribution in [0.15, 0.2) is 16.2 Å². The molecule has 0 fully saturated rings. The number of carbonyl (C=O) groups is 1. The molecule has 0 radical (unpaired) electrons. The van der Waals surface area contributed by atoms with Gasteiger partial charge in [0.1, 0.15) is 0 Å². The number of aldehydes is 1. The third-order valence-corrected chi connectivity index (χ3v) is 5.27. The van der Waals surface area contributed by atoms with E-state index in [9.17, 15) is 4.79 Å². The van der Waals surface area contributed by atoms with Gasteiger partial charge in [-0.25, -0.2) is 0 Å². The van der Waals surface area contributed by atoms with Crippen LogP contribution in [0.2, 0.25) is 0 Å². The van der Waals surface area contributed by atoms with Gasteiger partial charge in [-0.2, -0.15) is 0 Å². The molecule has 104 valence electrons. The molecule has 0 aliphatic carbocycles. The summed E-state index contributed by atoms with van der Waals surface area (Å²) in [5, 5.41) is 0. The van der Waals surface area contributed by atoms with Gasteiger partial charge in [-0.15, -0.1) is 0 Å². The Morgan fingerprint density at radius 1 is 1.44 bits per heavy atom. The summed E-state index contributed by atoms with van der Waals surface area (Å²) < 4.78 is 3.75. The molecule has 0 aliphatic rings. The Balaban J connectivity index is 0.000000321. The van der Waals surface area contributed by atoms with Crippen LogP contribution in [0.5, 0.6) is 0 Å². The van der Waals surface area contributed by atoms with Crippen molar-refractivity contribution in [3.63, 3.8) is 0 Å². The molecule has 2 nitrogen and oxygen atoms in total. The van der Waals surface area contributed by atoms with Crippen LogP contribution in [0.25, 0.3) is 0 Å². The first-order chi connectivity index (χ1) is 8.41. The number of aryl methyl sites for hydroxylation is 1. The van der Waals surface area contributed by atoms with Gasteiger partial charge in [-0.3, -0.25) is 0 Å². The van der Waals surface area contributed by atoms with E-state index in [1.54, 1.807) is 0 Å². The van der Waals surface area contributed by atoms with E-state index in [2.05, 4.69) is 43.9 Å². The summed E-state index contributed by atoms with van der Waals surface area (Å²) in [7, 11) is 0. The van der Waals surface area contributed by atoms with Gasteiger partial charge < -0.3 is 5.73 Å². The van der Waals surface area contributed by atoms with E-state index in [-0.39, 0.29) is 20.4 Å². The fraction of sp³-hybridized carbons (Fsp3) is 0.667. The minimum absolute atomic E-state index is 0.0284. The van der Waals surface area contributed by atoms with Crippen molar-refractivity contribution in [2.24, 2.45) is 17.1 Å². The second-order valence-electron chi connectivity index (χ2n) is 5.75. The number of rotatable bonds is 6. The van der Waals surface area contributed by atoms with Gasteiger partial charge in [0.2, 0.25) is 0 Å². The zero-order chi connectivity index (χ0) is 14.0. The fourth-order valence-electron chi connectivity index (χ4n) is 1.84. The molecule has 18 heavy (non-hydrogen) atoms. The Labute approximate surface area is 122 Å². The third-order valence-electron chi connectivity index (χ3n) is 2.60. The summed E-state index contributed by atoms with van der Waals surface area (Å²) in [6.07, 6.45) is 3.92. The molecule has 0 aromatic carbocycles. The summed E-state index contributed by atoms with van der Waals surface area (Å²) >= 11 is 0.0284. The SMILES string of the molecule is CC(C)CC(C)(C)CN.O=CCCc1ccc[te]1. The van der Waals surface area contributed by atoms with Crippen molar-refractivity contribution >= 4 is 26.7 Å². The molecule has 0 atom stereocenters. The molecular weight excluding hydrogens is 338 g/mol. The molecule has 1 heterocycles. The van der Waals surface area contributed by atoms with Crippen LogP contribution in [-0.2, 0) is 11.2 Å². The van der Waals surface area contributed by atoms with Crippen LogP contribution in [0.4, 0.5) is 0 Å². The molecule has 0 bridgehead atoms.